The molecule has 206 valence electrons. The SMILES string of the molecule is COCCn1nc(C)c(F)c1CN(C)c1cc(C(=O)NCc2cc3cc(F)ccc3o2)ccc1C(C)(C)C=O. The number of fused-ring (bicyclic) bond motifs is 1. The van der Waals surface area contributed by atoms with Gasteiger partial charge in [-0.3, -0.25) is 9.48 Å². The van der Waals surface area contributed by atoms with Gasteiger partial charge in [0.15, 0.2) is 5.82 Å². The normalized spacial score (nSPS) is 11.7. The summed E-state index contributed by atoms with van der Waals surface area (Å²) in [6.45, 7) is 6.18. The third kappa shape index (κ3) is 6.01. The van der Waals surface area contributed by atoms with Crippen LogP contribution in [0.5, 0.6) is 0 Å². The van der Waals surface area contributed by atoms with Gasteiger partial charge in [0.1, 0.15) is 23.4 Å². The van der Waals surface area contributed by atoms with Gasteiger partial charge in [-0.1, -0.05) is 6.07 Å². The highest BCUT2D eigenvalue weighted by atomic mass is 19.1. The second-order valence-electron chi connectivity index (χ2n) is 10.1. The van der Waals surface area contributed by atoms with Gasteiger partial charge in [0.05, 0.1) is 37.6 Å². The topological polar surface area (TPSA) is 89.6 Å². The first-order chi connectivity index (χ1) is 18.5. The van der Waals surface area contributed by atoms with Gasteiger partial charge in [-0.25, -0.2) is 8.78 Å². The Morgan fingerprint density at radius 3 is 2.69 bits per heavy atom. The average molecular weight is 539 g/mol. The molecule has 1 N–H and O–H groups in total. The Balaban J connectivity index is 1.60. The maximum atomic E-state index is 15.0. The van der Waals surface area contributed by atoms with E-state index in [-0.39, 0.29) is 30.5 Å². The minimum atomic E-state index is -0.854. The second kappa shape index (κ2) is 11.4. The number of anilines is 1. The molecule has 2 heterocycles. The van der Waals surface area contributed by atoms with E-state index in [2.05, 4.69) is 10.4 Å². The molecule has 0 aliphatic heterocycles. The number of methoxy groups -OCH3 is 1. The second-order valence-corrected chi connectivity index (χ2v) is 10.1. The van der Waals surface area contributed by atoms with Gasteiger partial charge in [0.2, 0.25) is 0 Å². The van der Waals surface area contributed by atoms with Crippen LogP contribution in [0.2, 0.25) is 0 Å². The summed E-state index contributed by atoms with van der Waals surface area (Å²) in [4.78, 5) is 26.8. The molecule has 1 amide bonds. The van der Waals surface area contributed by atoms with Crippen molar-refractivity contribution >= 4 is 28.8 Å². The molecule has 0 unspecified atom stereocenters. The zero-order valence-corrected chi connectivity index (χ0v) is 22.7. The van der Waals surface area contributed by atoms with E-state index >= 15 is 0 Å². The number of nitrogens with zero attached hydrogens (tertiary/aromatic N) is 3. The standard InChI is InChI=1S/C29H32F2N4O4/c1-18-27(31)25(35(33-18)10-11-38-5)16-34(4)24-14-19(6-8-23(24)29(2,3)17-36)28(37)32-15-22-13-20-12-21(30)7-9-26(20)39-22/h6-9,12-14,17H,10-11,15-16H2,1-5H3,(H,32,37). The number of hydrogen-bond donors (Lipinski definition) is 1. The lowest BCUT2D eigenvalue weighted by atomic mass is 9.84. The molecule has 4 aromatic rings. The maximum Gasteiger partial charge on any atom is 0.251 e. The van der Waals surface area contributed by atoms with Crippen LogP contribution in [-0.2, 0) is 34.6 Å². The number of carbonyl (C=O) groups is 2. The number of furan rings is 1. The lowest BCUT2D eigenvalue weighted by Crippen LogP contribution is -2.28. The van der Waals surface area contributed by atoms with Gasteiger partial charge in [-0.2, -0.15) is 5.10 Å². The van der Waals surface area contributed by atoms with Crippen molar-refractivity contribution in [2.75, 3.05) is 25.7 Å². The Bertz CT molecular complexity index is 1510. The van der Waals surface area contributed by atoms with E-state index in [1.807, 2.05) is 0 Å². The Kier molecular flexibility index (Phi) is 8.15. The lowest BCUT2D eigenvalue weighted by Gasteiger charge is -2.29. The smallest absolute Gasteiger partial charge is 0.251 e. The molecule has 4 rings (SSSR count). The number of aldehydes is 1. The van der Waals surface area contributed by atoms with Crippen molar-refractivity contribution in [1.82, 2.24) is 15.1 Å². The van der Waals surface area contributed by atoms with Gasteiger partial charge >= 0.3 is 0 Å². The van der Waals surface area contributed by atoms with Gasteiger partial charge < -0.3 is 24.2 Å². The van der Waals surface area contributed by atoms with Crippen LogP contribution >= 0.6 is 0 Å². The molecule has 2 aromatic carbocycles. The summed E-state index contributed by atoms with van der Waals surface area (Å²) >= 11 is 0. The summed E-state index contributed by atoms with van der Waals surface area (Å²) in [6.07, 6.45) is 0.845. The van der Waals surface area contributed by atoms with Crippen molar-refractivity contribution in [2.45, 2.75) is 45.8 Å². The highest BCUT2D eigenvalue weighted by Crippen LogP contribution is 2.33. The third-order valence-electron chi connectivity index (χ3n) is 6.66. The molecular weight excluding hydrogens is 506 g/mol. The predicted octanol–water partition coefficient (Wildman–Crippen LogP) is 4.91. The van der Waals surface area contributed by atoms with E-state index in [1.165, 1.54) is 18.2 Å². The monoisotopic (exact) mass is 538 g/mol. The zero-order chi connectivity index (χ0) is 28.3. The first-order valence-electron chi connectivity index (χ1n) is 12.5. The van der Waals surface area contributed by atoms with Crippen LogP contribution in [0.1, 0.15) is 46.9 Å². The van der Waals surface area contributed by atoms with E-state index in [0.29, 0.717) is 52.4 Å². The van der Waals surface area contributed by atoms with Gasteiger partial charge in [-0.05, 0) is 62.7 Å². The Morgan fingerprint density at radius 1 is 1.21 bits per heavy atom. The number of ether oxygens (including phenoxy) is 1. The number of aryl methyl sites for hydroxylation is 1. The molecule has 0 radical (unpaired) electrons. The van der Waals surface area contributed by atoms with Crippen LogP contribution in [0, 0.1) is 18.6 Å². The van der Waals surface area contributed by atoms with Crippen molar-refractivity contribution in [3.05, 3.63) is 82.4 Å². The first kappa shape index (κ1) is 28.0. The average Bonchev–Trinajstić information content (AvgIpc) is 3.44. The van der Waals surface area contributed by atoms with Crippen molar-refractivity contribution in [2.24, 2.45) is 0 Å². The Morgan fingerprint density at radius 2 is 1.97 bits per heavy atom. The number of rotatable bonds is 11. The van der Waals surface area contributed by atoms with E-state index < -0.39 is 11.2 Å². The summed E-state index contributed by atoms with van der Waals surface area (Å²) in [6, 6.07) is 11.0. The van der Waals surface area contributed by atoms with E-state index in [0.717, 1.165) is 6.29 Å². The highest BCUT2D eigenvalue weighted by molar-refractivity contribution is 5.95. The van der Waals surface area contributed by atoms with Gasteiger partial charge in [0.25, 0.3) is 5.91 Å². The number of carbonyl (C=O) groups excluding carboxylic acids is 2. The molecule has 0 fully saturated rings. The van der Waals surface area contributed by atoms with Crippen molar-refractivity contribution in [3.8, 4) is 0 Å². The molecule has 8 nitrogen and oxygen atoms in total. The van der Waals surface area contributed by atoms with E-state index in [9.17, 15) is 18.4 Å². The molecule has 10 heteroatoms. The number of aromatic nitrogens is 2. The Labute approximate surface area is 225 Å². The van der Waals surface area contributed by atoms with Crippen LogP contribution in [-0.4, -0.2) is 42.7 Å². The summed E-state index contributed by atoms with van der Waals surface area (Å²) in [7, 11) is 3.34. The van der Waals surface area contributed by atoms with Gasteiger partial charge in [-0.15, -0.1) is 0 Å². The number of halogens is 2. The van der Waals surface area contributed by atoms with Crippen molar-refractivity contribution in [3.63, 3.8) is 0 Å². The first-order valence-corrected chi connectivity index (χ1v) is 12.5. The molecule has 39 heavy (non-hydrogen) atoms. The van der Waals surface area contributed by atoms with E-state index in [4.69, 9.17) is 9.15 Å². The molecule has 0 atom stereocenters. The van der Waals surface area contributed by atoms with E-state index in [1.54, 1.807) is 68.8 Å². The number of amides is 1. The van der Waals surface area contributed by atoms with Crippen molar-refractivity contribution < 1.29 is 27.5 Å². The quantitative estimate of drug-likeness (QED) is 0.273. The zero-order valence-electron chi connectivity index (χ0n) is 22.7. The molecular formula is C29H32F2N4O4. The van der Waals surface area contributed by atoms with Gasteiger partial charge in [0, 0.05) is 36.2 Å². The maximum absolute atomic E-state index is 15.0. The number of benzene rings is 2. The molecule has 0 aliphatic rings. The fraction of sp³-hybridized carbons (Fsp3) is 0.345. The molecule has 0 saturated heterocycles. The van der Waals surface area contributed by atoms with Crippen LogP contribution in [0.4, 0.5) is 14.5 Å². The molecule has 2 aromatic heterocycles. The minimum absolute atomic E-state index is 0.102. The number of nitrogens with one attached hydrogen (secondary N) is 1. The third-order valence-corrected chi connectivity index (χ3v) is 6.66. The summed E-state index contributed by atoms with van der Waals surface area (Å²) in [5.74, 6) is -0.659. The largest absolute Gasteiger partial charge is 0.459 e. The summed E-state index contributed by atoms with van der Waals surface area (Å²) in [5.41, 5.74) is 1.98. The minimum Gasteiger partial charge on any atom is -0.459 e. The predicted molar refractivity (Wildman–Crippen MR) is 144 cm³/mol. The fourth-order valence-corrected chi connectivity index (χ4v) is 4.45. The molecule has 0 spiro atoms. The fourth-order valence-electron chi connectivity index (χ4n) is 4.45. The molecule has 0 saturated carbocycles. The van der Waals surface area contributed by atoms with Crippen LogP contribution in [0.25, 0.3) is 11.0 Å². The highest BCUT2D eigenvalue weighted by Gasteiger charge is 2.27. The molecule has 0 bridgehead atoms. The van der Waals surface area contributed by atoms with Crippen molar-refractivity contribution in [1.29, 1.82) is 0 Å². The lowest BCUT2D eigenvalue weighted by molar-refractivity contribution is -0.111. The molecule has 0 aliphatic carbocycles. The van der Waals surface area contributed by atoms with Crippen LogP contribution in [0.15, 0.2) is 46.9 Å². The van der Waals surface area contributed by atoms with Crippen LogP contribution in [0.3, 0.4) is 0 Å². The Hall–Kier alpha value is -4.05. The number of hydrogen-bond acceptors (Lipinski definition) is 6. The summed E-state index contributed by atoms with van der Waals surface area (Å²) < 4.78 is 40.9. The summed E-state index contributed by atoms with van der Waals surface area (Å²) in [5, 5.41) is 7.71. The van der Waals surface area contributed by atoms with Crippen LogP contribution < -0.4 is 10.2 Å².